The summed E-state index contributed by atoms with van der Waals surface area (Å²) in [7, 11) is 0. The lowest BCUT2D eigenvalue weighted by Crippen LogP contribution is -2.52. The van der Waals surface area contributed by atoms with E-state index in [1.807, 2.05) is 4.90 Å². The Morgan fingerprint density at radius 2 is 0.690 bits per heavy atom. The van der Waals surface area contributed by atoms with E-state index in [2.05, 4.69) is 31.4 Å². The molecule has 3 rings (SSSR count). The second-order valence-electron chi connectivity index (χ2n) is 19.8. The topological polar surface area (TPSA) is 261 Å². The Hall–Kier alpha value is -3.34. The Balaban J connectivity index is 0.000000975. The van der Waals surface area contributed by atoms with Gasteiger partial charge in [-0.2, -0.15) is 0 Å². The van der Waals surface area contributed by atoms with Crippen LogP contribution in [0.2, 0.25) is 0 Å². The number of aliphatic carboxylic acids is 1. The lowest BCUT2D eigenvalue weighted by molar-refractivity contribution is -0.152. The number of carbonyl (C=O) groups is 6. The first-order chi connectivity index (χ1) is 34.5. The maximum absolute atomic E-state index is 12.5. The van der Waals surface area contributed by atoms with Gasteiger partial charge in [-0.1, -0.05) is 111 Å². The molecule has 0 spiro atoms. The predicted octanol–water partition coefficient (Wildman–Crippen LogP) is 8.05. The Kier molecular flexibility index (Phi) is 45.4. The quantitative estimate of drug-likeness (QED) is 0.0309. The number of carboxylic acids is 1. The average molecular weight is 1010 g/mol. The molecule has 3 atom stereocenters. The highest BCUT2D eigenvalue weighted by Gasteiger charge is 2.33. The zero-order chi connectivity index (χ0) is 52.7. The van der Waals surface area contributed by atoms with Crippen LogP contribution < -0.4 is 33.6 Å². The molecule has 0 saturated carbocycles. The van der Waals surface area contributed by atoms with Crippen molar-refractivity contribution in [1.82, 2.24) is 25.3 Å². The van der Waals surface area contributed by atoms with Crippen molar-refractivity contribution in [2.24, 2.45) is 22.9 Å². The molecule has 16 heteroatoms. The molecule has 71 heavy (non-hydrogen) atoms. The molecule has 16 nitrogen and oxygen atoms in total. The highest BCUT2D eigenvalue weighted by atomic mass is 16.4. The Labute approximate surface area is 432 Å². The first kappa shape index (κ1) is 67.7. The van der Waals surface area contributed by atoms with Gasteiger partial charge in [0.2, 0.25) is 29.5 Å². The summed E-state index contributed by atoms with van der Waals surface area (Å²) < 4.78 is 0. The Bertz CT molecular complexity index is 1320. The van der Waals surface area contributed by atoms with Crippen LogP contribution in [0.4, 0.5) is 0 Å². The number of amides is 5. The van der Waals surface area contributed by atoms with E-state index >= 15 is 0 Å². The molecule has 11 N–H and O–H groups in total. The molecular formula is C55H109N9O7. The fourth-order valence-electron chi connectivity index (χ4n) is 9.23. The van der Waals surface area contributed by atoms with Crippen LogP contribution in [0.3, 0.4) is 0 Å². The number of carbonyl (C=O) groups excluding carboxylic acids is 5. The van der Waals surface area contributed by atoms with Gasteiger partial charge >= 0.3 is 5.97 Å². The average Bonchev–Trinajstić information content (AvgIpc) is 3.39. The zero-order valence-electron chi connectivity index (χ0n) is 45.7. The van der Waals surface area contributed by atoms with Crippen molar-refractivity contribution in [1.29, 1.82) is 0 Å². The van der Waals surface area contributed by atoms with E-state index in [1.165, 1.54) is 64.2 Å². The molecule has 416 valence electrons. The summed E-state index contributed by atoms with van der Waals surface area (Å²) in [6, 6.07) is -1.10. The first-order valence-corrected chi connectivity index (χ1v) is 29.0. The molecule has 0 bridgehead atoms. The van der Waals surface area contributed by atoms with Crippen LogP contribution in [0.5, 0.6) is 0 Å². The van der Waals surface area contributed by atoms with Crippen LogP contribution >= 0.6 is 0 Å². The van der Waals surface area contributed by atoms with Gasteiger partial charge in [0, 0.05) is 52.0 Å². The lowest BCUT2D eigenvalue weighted by atomic mass is 10.00. The van der Waals surface area contributed by atoms with Gasteiger partial charge in [0.15, 0.2) is 0 Å². The van der Waals surface area contributed by atoms with E-state index in [9.17, 15) is 28.8 Å². The molecule has 0 unspecified atom stereocenters. The molecule has 0 aliphatic carbocycles. The number of carboxylic acid groups (broad SMARTS) is 1. The molecule has 0 aromatic heterocycles. The van der Waals surface area contributed by atoms with Crippen LogP contribution in [0.25, 0.3) is 0 Å². The van der Waals surface area contributed by atoms with Crippen molar-refractivity contribution in [3.05, 3.63) is 0 Å². The smallest absolute Gasteiger partial charge is 0.326 e. The van der Waals surface area contributed by atoms with E-state index < -0.39 is 12.0 Å². The highest BCUT2D eigenvalue weighted by Crippen LogP contribution is 2.22. The van der Waals surface area contributed by atoms with Crippen LogP contribution in [0, 0.1) is 0 Å². The number of rotatable bonds is 33. The number of hydrogen-bond acceptors (Lipinski definition) is 10. The maximum atomic E-state index is 12.5. The number of unbranched alkanes of at least 4 members (excludes halogenated alkanes) is 16. The highest BCUT2D eigenvalue weighted by molar-refractivity contribution is 5.88. The van der Waals surface area contributed by atoms with Gasteiger partial charge in [0.1, 0.15) is 18.1 Å². The molecule has 3 aliphatic rings. The van der Waals surface area contributed by atoms with E-state index in [-0.39, 0.29) is 41.6 Å². The van der Waals surface area contributed by atoms with Crippen molar-refractivity contribution < 1.29 is 33.9 Å². The SMILES string of the molecule is CCCCCCCC(=O)N1CCCC[C@@H]1C(=O)NCCCN.CCCCCCCC(=O)N1CCCC[C@H]1C(=O)NCCCCCN.CCCCCCCC(=O)N1CCCC[C@H]1C(=O)O.NCCCCCN. The Morgan fingerprint density at radius 1 is 0.394 bits per heavy atom. The normalized spacial score (nSPS) is 17.6. The maximum Gasteiger partial charge on any atom is 0.326 e. The number of piperidine rings is 3. The van der Waals surface area contributed by atoms with Gasteiger partial charge in [-0.15, -0.1) is 0 Å². The molecule has 0 aromatic rings. The van der Waals surface area contributed by atoms with Gasteiger partial charge in [-0.25, -0.2) is 4.79 Å². The van der Waals surface area contributed by atoms with E-state index in [0.29, 0.717) is 58.4 Å². The van der Waals surface area contributed by atoms with Gasteiger partial charge in [-0.05, 0) is 135 Å². The Morgan fingerprint density at radius 3 is 1.03 bits per heavy atom. The van der Waals surface area contributed by atoms with Gasteiger partial charge in [0.25, 0.3) is 0 Å². The van der Waals surface area contributed by atoms with E-state index in [1.54, 1.807) is 9.80 Å². The third kappa shape index (κ3) is 33.9. The minimum Gasteiger partial charge on any atom is -0.480 e. The third-order valence-corrected chi connectivity index (χ3v) is 13.6. The summed E-state index contributed by atoms with van der Waals surface area (Å²) in [4.78, 5) is 77.9. The minimum atomic E-state index is -0.853. The number of nitrogens with one attached hydrogen (secondary N) is 2. The number of likely N-dealkylation sites (tertiary alicyclic amines) is 3. The summed E-state index contributed by atoms with van der Waals surface area (Å²) in [6.45, 7) is 12.8. The van der Waals surface area contributed by atoms with Crippen molar-refractivity contribution in [2.45, 2.75) is 257 Å². The summed E-state index contributed by atoms with van der Waals surface area (Å²) in [5.41, 5.74) is 21.4. The lowest BCUT2D eigenvalue weighted by Gasteiger charge is -2.35. The number of nitrogens with zero attached hydrogens (tertiary/aromatic N) is 3. The fraction of sp³-hybridized carbons (Fsp3) is 0.891. The molecule has 3 fully saturated rings. The molecule has 5 amide bonds. The van der Waals surface area contributed by atoms with Crippen LogP contribution in [0.1, 0.15) is 239 Å². The molecular weight excluding hydrogens is 899 g/mol. The van der Waals surface area contributed by atoms with E-state index in [4.69, 9.17) is 28.0 Å². The molecule has 3 heterocycles. The second kappa shape index (κ2) is 47.7. The predicted molar refractivity (Wildman–Crippen MR) is 290 cm³/mol. The van der Waals surface area contributed by atoms with Gasteiger partial charge in [-0.3, -0.25) is 24.0 Å². The van der Waals surface area contributed by atoms with Gasteiger partial charge in [0.05, 0.1) is 0 Å². The largest absolute Gasteiger partial charge is 0.480 e. The summed E-state index contributed by atoms with van der Waals surface area (Å²) in [6.07, 6.45) is 34.0. The molecule has 0 radical (unpaired) electrons. The van der Waals surface area contributed by atoms with Crippen LogP contribution in [-0.2, 0) is 28.8 Å². The summed E-state index contributed by atoms with van der Waals surface area (Å²) in [5.74, 6) is -0.494. The molecule has 3 saturated heterocycles. The van der Waals surface area contributed by atoms with Crippen LogP contribution in [0.15, 0.2) is 0 Å². The molecule has 3 aliphatic heterocycles. The second-order valence-corrected chi connectivity index (χ2v) is 19.8. The summed E-state index contributed by atoms with van der Waals surface area (Å²) in [5, 5.41) is 15.0. The van der Waals surface area contributed by atoms with E-state index in [0.717, 1.165) is 155 Å². The summed E-state index contributed by atoms with van der Waals surface area (Å²) >= 11 is 0. The fourth-order valence-corrected chi connectivity index (χ4v) is 9.23. The number of nitrogens with two attached hydrogens (primary N) is 4. The zero-order valence-corrected chi connectivity index (χ0v) is 45.7. The van der Waals surface area contributed by atoms with Crippen molar-refractivity contribution in [2.75, 3.05) is 58.9 Å². The molecule has 0 aromatic carbocycles. The first-order valence-electron chi connectivity index (χ1n) is 29.0. The van der Waals surface area contributed by atoms with Crippen molar-refractivity contribution in [3.63, 3.8) is 0 Å². The van der Waals surface area contributed by atoms with Crippen LogP contribution in [-0.4, -0.2) is 132 Å². The van der Waals surface area contributed by atoms with Gasteiger partial charge < -0.3 is 53.4 Å². The monoisotopic (exact) mass is 1010 g/mol. The van der Waals surface area contributed by atoms with Crippen molar-refractivity contribution >= 4 is 35.5 Å². The van der Waals surface area contributed by atoms with Crippen molar-refractivity contribution in [3.8, 4) is 0 Å². The third-order valence-electron chi connectivity index (χ3n) is 13.6. The standard InChI is InChI=1S/C19H37N3O2.C17H33N3O2.C14H25NO3.C5H14N2/c1-2-3-4-5-7-13-18(23)22-16-11-8-12-17(22)19(24)21-15-10-6-9-14-20;1-2-3-4-5-6-11-16(21)20-14-8-7-10-15(20)17(22)19-13-9-12-18;1-2-3-4-5-6-10-13(16)15-11-8-7-9-12(15)14(17)18;6-4-2-1-3-5-7/h17H,2-16,20H2,1H3,(H,21,24);15H,2-14,18H2,1H3,(H,19,22);12H,2-11H2,1H3,(H,17,18);1-7H2/t17-;15-;12-;/m010./s1. The number of hydrogen-bond donors (Lipinski definition) is 7. The minimum absolute atomic E-state index is 0.00696.